The van der Waals surface area contributed by atoms with E-state index >= 15 is 0 Å². The highest BCUT2D eigenvalue weighted by Gasteiger charge is 2.35. The summed E-state index contributed by atoms with van der Waals surface area (Å²) < 4.78 is 5.22. The van der Waals surface area contributed by atoms with E-state index in [9.17, 15) is 0 Å². The molecule has 0 radical (unpaired) electrons. The second-order valence-corrected chi connectivity index (χ2v) is 7.55. The van der Waals surface area contributed by atoms with Gasteiger partial charge in [0.25, 0.3) is 0 Å². The van der Waals surface area contributed by atoms with Gasteiger partial charge in [0.05, 0.1) is 17.5 Å². The molecule has 1 nitrogen and oxygen atoms in total. The lowest BCUT2D eigenvalue weighted by Gasteiger charge is -2.40. The molecule has 4 unspecified atom stereocenters. The minimum Gasteiger partial charge on any atom is -0.495 e. The van der Waals surface area contributed by atoms with Crippen molar-refractivity contribution in [2.24, 2.45) is 17.8 Å². The van der Waals surface area contributed by atoms with Crippen LogP contribution in [0.1, 0.15) is 55.9 Å². The summed E-state index contributed by atoms with van der Waals surface area (Å²) in [6, 6.07) is 5.97. The third-order valence-electron chi connectivity index (χ3n) is 5.49. The quantitative estimate of drug-likeness (QED) is 0.598. The summed E-state index contributed by atoms with van der Waals surface area (Å²) in [5.41, 5.74) is 1.14. The molecule has 0 heterocycles. The first kappa shape index (κ1) is 15.5. The molecule has 0 amide bonds. The van der Waals surface area contributed by atoms with E-state index in [0.29, 0.717) is 10.9 Å². The van der Waals surface area contributed by atoms with Crippen molar-refractivity contribution < 1.29 is 4.74 Å². The smallest absolute Gasteiger partial charge is 0.137 e. The highest BCUT2D eigenvalue weighted by molar-refractivity contribution is 6.32. The topological polar surface area (TPSA) is 9.23 Å². The predicted molar refractivity (Wildman–Crippen MR) is 89.4 cm³/mol. The fourth-order valence-electron chi connectivity index (χ4n) is 4.30. The molecule has 0 spiro atoms. The second-order valence-electron chi connectivity index (χ2n) is 6.67. The van der Waals surface area contributed by atoms with Crippen LogP contribution in [-0.2, 0) is 0 Å². The first-order valence-electron chi connectivity index (χ1n) is 8.16. The molecule has 0 aliphatic heterocycles. The summed E-state index contributed by atoms with van der Waals surface area (Å²) in [5.74, 6) is 3.20. The van der Waals surface area contributed by atoms with Crippen LogP contribution in [0.5, 0.6) is 5.75 Å². The fourth-order valence-corrected chi connectivity index (χ4v) is 4.93. The van der Waals surface area contributed by atoms with Crippen molar-refractivity contribution in [2.75, 3.05) is 7.11 Å². The molecule has 2 aliphatic rings. The molecule has 1 aromatic carbocycles. The number of alkyl halides is 1. The van der Waals surface area contributed by atoms with E-state index in [1.165, 1.54) is 44.9 Å². The van der Waals surface area contributed by atoms with Crippen LogP contribution in [0.3, 0.4) is 0 Å². The van der Waals surface area contributed by atoms with Crippen molar-refractivity contribution in [3.63, 3.8) is 0 Å². The lowest BCUT2D eigenvalue weighted by molar-refractivity contribution is 0.127. The van der Waals surface area contributed by atoms with Crippen molar-refractivity contribution in [3.8, 4) is 5.75 Å². The lowest BCUT2D eigenvalue weighted by Crippen LogP contribution is -2.29. The van der Waals surface area contributed by atoms with Gasteiger partial charge in [0.1, 0.15) is 5.75 Å². The van der Waals surface area contributed by atoms with Gasteiger partial charge in [-0.3, -0.25) is 0 Å². The van der Waals surface area contributed by atoms with Gasteiger partial charge < -0.3 is 4.74 Å². The molecular formula is C18H24Cl2O. The monoisotopic (exact) mass is 326 g/mol. The number of hydrogen-bond donors (Lipinski definition) is 0. The van der Waals surface area contributed by atoms with Crippen LogP contribution in [0.15, 0.2) is 18.2 Å². The van der Waals surface area contributed by atoms with E-state index in [-0.39, 0.29) is 5.38 Å². The van der Waals surface area contributed by atoms with Crippen LogP contribution < -0.4 is 4.74 Å². The van der Waals surface area contributed by atoms with Crippen molar-refractivity contribution >= 4 is 23.2 Å². The normalized spacial score (nSPS) is 30.5. The molecule has 0 bridgehead atoms. The summed E-state index contributed by atoms with van der Waals surface area (Å²) in [6.07, 6.45) is 9.62. The number of halogens is 2. The highest BCUT2D eigenvalue weighted by atomic mass is 35.5. The summed E-state index contributed by atoms with van der Waals surface area (Å²) in [4.78, 5) is 0. The zero-order valence-electron chi connectivity index (χ0n) is 12.7. The van der Waals surface area contributed by atoms with E-state index in [0.717, 1.165) is 23.1 Å². The Balaban J connectivity index is 1.70. The van der Waals surface area contributed by atoms with Crippen LogP contribution in [0, 0.1) is 17.8 Å². The Bertz CT molecular complexity index is 488. The van der Waals surface area contributed by atoms with Gasteiger partial charge in [0.15, 0.2) is 0 Å². The van der Waals surface area contributed by atoms with E-state index < -0.39 is 0 Å². The third-order valence-corrected chi connectivity index (χ3v) is 6.39. The maximum Gasteiger partial charge on any atom is 0.137 e. The first-order chi connectivity index (χ1) is 10.2. The molecule has 2 fully saturated rings. The molecule has 2 saturated carbocycles. The van der Waals surface area contributed by atoms with E-state index in [1.54, 1.807) is 7.11 Å². The van der Waals surface area contributed by atoms with Gasteiger partial charge in [-0.25, -0.2) is 0 Å². The van der Waals surface area contributed by atoms with Gasteiger partial charge in [-0.05, 0) is 54.7 Å². The number of fused-ring (bicyclic) bond motifs is 1. The van der Waals surface area contributed by atoms with Gasteiger partial charge in [0.2, 0.25) is 0 Å². The molecule has 3 rings (SSSR count). The van der Waals surface area contributed by atoms with Crippen molar-refractivity contribution in [2.45, 2.75) is 50.3 Å². The Morgan fingerprint density at radius 2 is 1.86 bits per heavy atom. The van der Waals surface area contributed by atoms with Gasteiger partial charge in [0, 0.05) is 0 Å². The lowest BCUT2D eigenvalue weighted by atomic mass is 9.66. The minimum atomic E-state index is 0.0799. The molecule has 21 heavy (non-hydrogen) atoms. The molecule has 0 saturated heterocycles. The van der Waals surface area contributed by atoms with Gasteiger partial charge >= 0.3 is 0 Å². The van der Waals surface area contributed by atoms with Crippen molar-refractivity contribution in [3.05, 3.63) is 28.8 Å². The van der Waals surface area contributed by atoms with Crippen LogP contribution in [0.4, 0.5) is 0 Å². The summed E-state index contributed by atoms with van der Waals surface area (Å²) in [5, 5.41) is 0.739. The molecule has 0 aromatic heterocycles. The first-order valence-corrected chi connectivity index (χ1v) is 8.98. The maximum atomic E-state index is 6.78. The Hall–Kier alpha value is -0.400. The molecule has 116 valence electrons. The van der Waals surface area contributed by atoms with Crippen molar-refractivity contribution in [1.82, 2.24) is 0 Å². The fraction of sp³-hybridized carbons (Fsp3) is 0.667. The summed E-state index contributed by atoms with van der Waals surface area (Å²) in [7, 11) is 1.64. The summed E-state index contributed by atoms with van der Waals surface area (Å²) >= 11 is 13.0. The number of methoxy groups -OCH3 is 1. The largest absolute Gasteiger partial charge is 0.495 e. The molecule has 0 N–H and O–H groups in total. The van der Waals surface area contributed by atoms with E-state index in [1.807, 2.05) is 12.1 Å². The van der Waals surface area contributed by atoms with Crippen LogP contribution in [-0.4, -0.2) is 7.11 Å². The van der Waals surface area contributed by atoms with Crippen molar-refractivity contribution in [1.29, 1.82) is 0 Å². The van der Waals surface area contributed by atoms with Crippen LogP contribution in [0.25, 0.3) is 0 Å². The molecular weight excluding hydrogens is 303 g/mol. The van der Waals surface area contributed by atoms with Gasteiger partial charge in [-0.1, -0.05) is 43.4 Å². The summed E-state index contributed by atoms with van der Waals surface area (Å²) in [6.45, 7) is 0. The maximum absolute atomic E-state index is 6.78. The zero-order chi connectivity index (χ0) is 14.8. The van der Waals surface area contributed by atoms with Crippen LogP contribution in [0.2, 0.25) is 5.02 Å². The average Bonchev–Trinajstić information content (AvgIpc) is 2.53. The second kappa shape index (κ2) is 6.79. The SMILES string of the molecule is COc1ccc(C(Cl)C2CCC3CCCCC3C2)cc1Cl. The average molecular weight is 327 g/mol. The van der Waals surface area contributed by atoms with Gasteiger partial charge in [-0.15, -0.1) is 11.6 Å². The van der Waals surface area contributed by atoms with Crippen LogP contribution >= 0.6 is 23.2 Å². The number of rotatable bonds is 3. The molecule has 2 aliphatic carbocycles. The molecule has 3 heteroatoms. The Morgan fingerprint density at radius 1 is 1.10 bits per heavy atom. The number of ether oxygens (including phenoxy) is 1. The predicted octanol–water partition coefficient (Wildman–Crippen LogP) is 6.24. The zero-order valence-corrected chi connectivity index (χ0v) is 14.2. The minimum absolute atomic E-state index is 0.0799. The Labute approximate surface area is 138 Å². The highest BCUT2D eigenvalue weighted by Crippen LogP contribution is 2.48. The molecule has 4 atom stereocenters. The van der Waals surface area contributed by atoms with E-state index in [4.69, 9.17) is 27.9 Å². The third kappa shape index (κ3) is 3.35. The standard InChI is InChI=1S/C18H24Cl2O/c1-21-17-9-8-15(11-16(17)19)18(20)14-7-6-12-4-2-3-5-13(12)10-14/h8-9,11-14,18H,2-7,10H2,1H3. The Kier molecular flexibility index (Phi) is 5.01. The van der Waals surface area contributed by atoms with E-state index in [2.05, 4.69) is 6.07 Å². The number of benzene rings is 1. The molecule has 1 aromatic rings. The van der Waals surface area contributed by atoms with Gasteiger partial charge in [-0.2, -0.15) is 0 Å². The Morgan fingerprint density at radius 3 is 2.57 bits per heavy atom. The number of hydrogen-bond acceptors (Lipinski definition) is 1.